The normalized spacial score (nSPS) is 11.3. The molecule has 6 nitrogen and oxygen atoms in total. The molecule has 0 amide bonds. The summed E-state index contributed by atoms with van der Waals surface area (Å²) in [6, 6.07) is 0.459. The van der Waals surface area contributed by atoms with Crippen LogP contribution in [0.2, 0.25) is 0 Å². The smallest absolute Gasteiger partial charge is 0.446 e. The molecule has 0 aliphatic carbocycles. The Labute approximate surface area is 112 Å². The largest absolute Gasteiger partial charge is 0.453 e. The van der Waals surface area contributed by atoms with Crippen molar-refractivity contribution in [2.24, 2.45) is 28.2 Å². The van der Waals surface area contributed by atoms with E-state index in [1.54, 1.807) is 18.3 Å². The summed E-state index contributed by atoms with van der Waals surface area (Å²) in [4.78, 5) is 0. The van der Waals surface area contributed by atoms with Crippen molar-refractivity contribution < 1.29 is 19.3 Å². The minimum Gasteiger partial charge on any atom is -0.446 e. The van der Waals surface area contributed by atoms with Crippen molar-refractivity contribution in [3.05, 3.63) is 22.8 Å². The van der Waals surface area contributed by atoms with Gasteiger partial charge in [0, 0.05) is 13.8 Å². The molecule has 0 atom stereocenters. The molecular formula is C13H22N4O2+2. The van der Waals surface area contributed by atoms with E-state index in [-0.39, 0.29) is 12.0 Å². The van der Waals surface area contributed by atoms with Crippen molar-refractivity contribution in [1.29, 1.82) is 0 Å². The highest BCUT2D eigenvalue weighted by Crippen LogP contribution is 2.18. The summed E-state index contributed by atoms with van der Waals surface area (Å²) in [6.45, 7) is 3.96. The van der Waals surface area contributed by atoms with Gasteiger partial charge >= 0.3 is 12.0 Å². The second-order valence-corrected chi connectivity index (χ2v) is 5.08. The number of aromatic nitrogens is 4. The van der Waals surface area contributed by atoms with Crippen LogP contribution in [0, 0.1) is 13.8 Å². The fraction of sp³-hybridized carbons (Fsp3) is 0.538. The molecule has 0 saturated heterocycles. The Kier molecular flexibility index (Phi) is 3.04. The first-order chi connectivity index (χ1) is 8.77. The summed E-state index contributed by atoms with van der Waals surface area (Å²) in [5.41, 5.74) is 4.10. The molecular weight excluding hydrogens is 244 g/mol. The average Bonchev–Trinajstić information content (AvgIpc) is 2.68. The average molecular weight is 266 g/mol. The van der Waals surface area contributed by atoms with Crippen LogP contribution in [0.4, 0.5) is 0 Å². The standard InChI is InChI=1S/C13H20N4O2/c1-8-10(16(5)12(18)14(8)3)7-11-9(2)15(4)13(19)17(11)6/h7H2,1-6H3/p+2. The van der Waals surface area contributed by atoms with Crippen molar-refractivity contribution in [2.45, 2.75) is 20.3 Å². The fourth-order valence-corrected chi connectivity index (χ4v) is 2.52. The van der Waals surface area contributed by atoms with Gasteiger partial charge in [0.2, 0.25) is 0 Å². The molecule has 2 heterocycles. The molecule has 0 aliphatic rings. The van der Waals surface area contributed by atoms with Crippen LogP contribution < -0.4 is 9.13 Å². The second kappa shape index (κ2) is 4.29. The van der Waals surface area contributed by atoms with E-state index < -0.39 is 0 Å². The van der Waals surface area contributed by atoms with E-state index in [1.807, 2.05) is 42.0 Å². The van der Waals surface area contributed by atoms with Gasteiger partial charge in [0.1, 0.15) is 11.4 Å². The topological polar surface area (TPSA) is 58.1 Å². The SMILES string of the molecule is Cc1c(Cc2c(C)n(C)c(O)[n+]2C)[n+](C)c(O)n1C. The Morgan fingerprint density at radius 1 is 0.842 bits per heavy atom. The van der Waals surface area contributed by atoms with Crippen LogP contribution in [-0.4, -0.2) is 19.3 Å². The molecule has 19 heavy (non-hydrogen) atoms. The van der Waals surface area contributed by atoms with E-state index in [4.69, 9.17) is 0 Å². The van der Waals surface area contributed by atoms with Gasteiger partial charge in [0.05, 0.1) is 34.6 Å². The molecule has 0 fully saturated rings. The van der Waals surface area contributed by atoms with Crippen LogP contribution in [0.1, 0.15) is 22.8 Å². The lowest BCUT2D eigenvalue weighted by molar-refractivity contribution is -0.696. The molecule has 0 radical (unpaired) electrons. The van der Waals surface area contributed by atoms with E-state index in [9.17, 15) is 10.2 Å². The first kappa shape index (κ1) is 13.5. The predicted octanol–water partition coefficient (Wildman–Crippen LogP) is -0.369. The Hall–Kier alpha value is -1.98. The number of imidazole rings is 2. The van der Waals surface area contributed by atoms with Gasteiger partial charge in [-0.15, -0.1) is 0 Å². The summed E-state index contributed by atoms with van der Waals surface area (Å²) in [5, 5.41) is 19.9. The van der Waals surface area contributed by atoms with Crippen LogP contribution in [0.25, 0.3) is 0 Å². The maximum Gasteiger partial charge on any atom is 0.453 e. The lowest BCUT2D eigenvalue weighted by Crippen LogP contribution is -2.36. The van der Waals surface area contributed by atoms with Crippen molar-refractivity contribution in [1.82, 2.24) is 9.13 Å². The van der Waals surface area contributed by atoms with Crippen LogP contribution in [0.3, 0.4) is 0 Å². The van der Waals surface area contributed by atoms with Crippen molar-refractivity contribution in [2.75, 3.05) is 0 Å². The molecule has 0 aromatic carbocycles. The van der Waals surface area contributed by atoms with Gasteiger partial charge in [-0.1, -0.05) is 0 Å². The lowest BCUT2D eigenvalue weighted by atomic mass is 10.1. The number of nitrogens with zero attached hydrogens (tertiary/aromatic N) is 4. The second-order valence-electron chi connectivity index (χ2n) is 5.08. The van der Waals surface area contributed by atoms with Gasteiger partial charge in [-0.25, -0.2) is 0 Å². The molecule has 0 unspecified atom stereocenters. The third kappa shape index (κ3) is 1.78. The van der Waals surface area contributed by atoms with Gasteiger partial charge in [-0.2, -0.15) is 18.3 Å². The highest BCUT2D eigenvalue weighted by Gasteiger charge is 2.29. The third-order valence-corrected chi connectivity index (χ3v) is 4.19. The first-order valence-electron chi connectivity index (χ1n) is 6.23. The van der Waals surface area contributed by atoms with E-state index in [1.165, 1.54) is 0 Å². The van der Waals surface area contributed by atoms with E-state index in [0.717, 1.165) is 22.8 Å². The molecule has 104 valence electrons. The number of hydrogen-bond acceptors (Lipinski definition) is 2. The zero-order valence-electron chi connectivity index (χ0n) is 12.4. The molecule has 0 spiro atoms. The van der Waals surface area contributed by atoms with E-state index in [0.29, 0.717) is 6.42 Å². The maximum absolute atomic E-state index is 9.95. The van der Waals surface area contributed by atoms with Gasteiger partial charge < -0.3 is 10.2 Å². The summed E-state index contributed by atoms with van der Waals surface area (Å²) >= 11 is 0. The molecule has 2 aromatic rings. The van der Waals surface area contributed by atoms with E-state index >= 15 is 0 Å². The van der Waals surface area contributed by atoms with Gasteiger partial charge in [-0.3, -0.25) is 0 Å². The highest BCUT2D eigenvalue weighted by molar-refractivity contribution is 5.20. The van der Waals surface area contributed by atoms with Crippen LogP contribution in [0.5, 0.6) is 12.0 Å². The first-order valence-corrected chi connectivity index (χ1v) is 6.23. The molecule has 2 N–H and O–H groups in total. The molecule has 2 rings (SSSR count). The Morgan fingerprint density at radius 2 is 1.16 bits per heavy atom. The Morgan fingerprint density at radius 3 is 1.37 bits per heavy atom. The summed E-state index contributed by atoms with van der Waals surface area (Å²) in [7, 11) is 7.36. The number of aromatic hydroxyl groups is 2. The summed E-state index contributed by atoms with van der Waals surface area (Å²) < 4.78 is 7.07. The van der Waals surface area contributed by atoms with Crippen molar-refractivity contribution in [3.63, 3.8) is 0 Å². The number of hydrogen-bond donors (Lipinski definition) is 2. The summed E-state index contributed by atoms with van der Waals surface area (Å²) in [5.74, 6) is 0. The summed E-state index contributed by atoms with van der Waals surface area (Å²) in [6.07, 6.45) is 0.660. The molecule has 6 heteroatoms. The Balaban J connectivity index is 2.54. The van der Waals surface area contributed by atoms with Gasteiger partial charge in [-0.05, 0) is 0 Å². The van der Waals surface area contributed by atoms with Crippen LogP contribution >= 0.6 is 0 Å². The molecule has 0 saturated carbocycles. The van der Waals surface area contributed by atoms with Gasteiger partial charge in [0.15, 0.2) is 11.4 Å². The lowest BCUT2D eigenvalue weighted by Gasteiger charge is -1.97. The highest BCUT2D eigenvalue weighted by atomic mass is 16.3. The van der Waals surface area contributed by atoms with Crippen molar-refractivity contribution >= 4 is 0 Å². The number of rotatable bonds is 2. The van der Waals surface area contributed by atoms with Crippen molar-refractivity contribution in [3.8, 4) is 12.0 Å². The Bertz CT molecular complexity index is 545. The van der Waals surface area contributed by atoms with E-state index in [2.05, 4.69) is 0 Å². The van der Waals surface area contributed by atoms with Gasteiger partial charge in [0.25, 0.3) is 0 Å². The predicted molar refractivity (Wildman–Crippen MR) is 68.8 cm³/mol. The maximum atomic E-state index is 9.95. The zero-order chi connectivity index (χ0) is 14.5. The zero-order valence-corrected chi connectivity index (χ0v) is 12.4. The minimum atomic E-state index is 0.230. The third-order valence-electron chi connectivity index (χ3n) is 4.19. The monoisotopic (exact) mass is 266 g/mol. The van der Waals surface area contributed by atoms with Crippen LogP contribution in [-0.2, 0) is 34.6 Å². The molecule has 2 aromatic heterocycles. The fourth-order valence-electron chi connectivity index (χ4n) is 2.52. The minimum absolute atomic E-state index is 0.230. The quantitative estimate of drug-likeness (QED) is 0.729. The molecule has 0 bridgehead atoms. The van der Waals surface area contributed by atoms with Crippen LogP contribution in [0.15, 0.2) is 0 Å². The molecule has 0 aliphatic heterocycles.